The van der Waals surface area contributed by atoms with E-state index in [2.05, 4.69) is 22.0 Å². The molecule has 0 unspecified atom stereocenters. The highest BCUT2D eigenvalue weighted by Gasteiger charge is 2.14. The number of nitrogens with zero attached hydrogens (tertiary/aromatic N) is 3. The number of aryl methyl sites for hydroxylation is 2. The zero-order chi connectivity index (χ0) is 10.8. The van der Waals surface area contributed by atoms with Crippen LogP contribution in [-0.4, -0.2) is 15.1 Å². The van der Waals surface area contributed by atoms with Crippen LogP contribution in [-0.2, 0) is 6.42 Å². The van der Waals surface area contributed by atoms with Crippen LogP contribution >= 0.6 is 11.3 Å². The van der Waals surface area contributed by atoms with Crippen LogP contribution in [0.3, 0.4) is 0 Å². The van der Waals surface area contributed by atoms with Gasteiger partial charge in [-0.2, -0.15) is 4.98 Å². The second-order valence-corrected chi connectivity index (χ2v) is 4.26. The molecule has 0 atom stereocenters. The van der Waals surface area contributed by atoms with E-state index in [4.69, 9.17) is 10.3 Å². The lowest BCUT2D eigenvalue weighted by molar-refractivity contribution is 0.422. The van der Waals surface area contributed by atoms with Gasteiger partial charge >= 0.3 is 0 Å². The van der Waals surface area contributed by atoms with Gasteiger partial charge in [0.1, 0.15) is 4.88 Å². The lowest BCUT2D eigenvalue weighted by Gasteiger charge is -1.86. The first-order chi connectivity index (χ1) is 7.20. The zero-order valence-corrected chi connectivity index (χ0v) is 9.47. The largest absolute Gasteiger partial charge is 0.375 e. The quantitative estimate of drug-likeness (QED) is 0.863. The van der Waals surface area contributed by atoms with Crippen molar-refractivity contribution in [2.24, 2.45) is 0 Å². The first-order valence-electron chi connectivity index (χ1n) is 4.76. The van der Waals surface area contributed by atoms with Gasteiger partial charge in [-0.25, -0.2) is 4.98 Å². The van der Waals surface area contributed by atoms with Crippen LogP contribution in [0.1, 0.15) is 24.9 Å². The summed E-state index contributed by atoms with van der Waals surface area (Å²) in [6.45, 7) is 3.96. The maximum atomic E-state index is 5.60. The summed E-state index contributed by atoms with van der Waals surface area (Å²) >= 11 is 1.37. The lowest BCUT2D eigenvalue weighted by atomic mass is 10.3. The summed E-state index contributed by atoms with van der Waals surface area (Å²) in [5.41, 5.74) is 6.44. The monoisotopic (exact) mass is 224 g/mol. The summed E-state index contributed by atoms with van der Waals surface area (Å²) in [5.74, 6) is 1.25. The van der Waals surface area contributed by atoms with E-state index in [0.29, 0.717) is 11.0 Å². The van der Waals surface area contributed by atoms with Crippen molar-refractivity contribution < 1.29 is 4.52 Å². The van der Waals surface area contributed by atoms with Gasteiger partial charge in [0, 0.05) is 6.42 Å². The molecule has 5 nitrogen and oxygen atoms in total. The molecule has 0 aliphatic heterocycles. The number of aromatic nitrogens is 3. The minimum atomic E-state index is 0.519. The summed E-state index contributed by atoms with van der Waals surface area (Å²) in [6.07, 6.45) is 1.83. The van der Waals surface area contributed by atoms with Crippen molar-refractivity contribution >= 4 is 16.5 Å². The highest BCUT2D eigenvalue weighted by atomic mass is 32.1. The number of hydrogen-bond donors (Lipinski definition) is 1. The number of nitrogen functional groups attached to an aromatic ring is 1. The summed E-state index contributed by atoms with van der Waals surface area (Å²) in [5, 5.41) is 4.41. The van der Waals surface area contributed by atoms with Crippen LogP contribution in [0.2, 0.25) is 0 Å². The Morgan fingerprint density at radius 2 is 2.20 bits per heavy atom. The van der Waals surface area contributed by atoms with Gasteiger partial charge in [-0.05, 0) is 13.3 Å². The van der Waals surface area contributed by atoms with Crippen molar-refractivity contribution in [2.45, 2.75) is 26.7 Å². The molecule has 0 radical (unpaired) electrons. The molecular formula is C9H12N4OS. The molecule has 6 heteroatoms. The lowest BCUT2D eigenvalue weighted by Crippen LogP contribution is -1.85. The van der Waals surface area contributed by atoms with Gasteiger partial charge in [-0.3, -0.25) is 0 Å². The van der Waals surface area contributed by atoms with Crippen molar-refractivity contribution in [3.05, 3.63) is 11.5 Å². The normalized spacial score (nSPS) is 10.8. The molecule has 0 saturated carbocycles. The van der Waals surface area contributed by atoms with Gasteiger partial charge in [0.05, 0.1) is 5.69 Å². The summed E-state index contributed by atoms with van der Waals surface area (Å²) in [4.78, 5) is 9.26. The molecular weight excluding hydrogens is 212 g/mol. The van der Waals surface area contributed by atoms with Crippen molar-refractivity contribution in [1.29, 1.82) is 0 Å². The molecule has 2 N–H and O–H groups in total. The van der Waals surface area contributed by atoms with Crippen molar-refractivity contribution in [1.82, 2.24) is 15.1 Å². The third-order valence-corrected chi connectivity index (χ3v) is 2.92. The van der Waals surface area contributed by atoms with Crippen LogP contribution < -0.4 is 5.73 Å². The highest BCUT2D eigenvalue weighted by Crippen LogP contribution is 2.29. The molecule has 80 valence electrons. The van der Waals surface area contributed by atoms with Crippen LogP contribution in [0.25, 0.3) is 10.8 Å². The Morgan fingerprint density at radius 3 is 2.80 bits per heavy atom. The molecule has 2 aromatic rings. The van der Waals surface area contributed by atoms with Gasteiger partial charge in [-0.1, -0.05) is 23.4 Å². The van der Waals surface area contributed by atoms with Gasteiger partial charge in [0.2, 0.25) is 0 Å². The fraction of sp³-hybridized carbons (Fsp3) is 0.444. The average Bonchev–Trinajstić information content (AvgIpc) is 2.73. The van der Waals surface area contributed by atoms with E-state index >= 15 is 0 Å². The van der Waals surface area contributed by atoms with Crippen molar-refractivity contribution in [2.75, 3.05) is 5.73 Å². The molecule has 0 aliphatic rings. The van der Waals surface area contributed by atoms with Gasteiger partial charge in [0.15, 0.2) is 11.0 Å². The molecule has 0 aliphatic carbocycles. The summed E-state index contributed by atoms with van der Waals surface area (Å²) < 4.78 is 5.15. The van der Waals surface area contributed by atoms with Crippen LogP contribution in [0.5, 0.6) is 0 Å². The molecule has 2 heterocycles. The molecule has 2 aromatic heterocycles. The third-order valence-electron chi connectivity index (χ3n) is 1.95. The first-order valence-corrected chi connectivity index (χ1v) is 5.58. The summed E-state index contributed by atoms with van der Waals surface area (Å²) in [6, 6.07) is 0. The molecule has 0 bridgehead atoms. The van der Waals surface area contributed by atoms with E-state index in [1.165, 1.54) is 11.3 Å². The maximum Gasteiger partial charge on any atom is 0.269 e. The van der Waals surface area contributed by atoms with Crippen LogP contribution in [0.4, 0.5) is 5.13 Å². The van der Waals surface area contributed by atoms with Gasteiger partial charge in [-0.15, -0.1) is 0 Å². The Labute approximate surface area is 91.3 Å². The Hall–Kier alpha value is -1.43. The number of thiazole rings is 1. The van der Waals surface area contributed by atoms with E-state index in [9.17, 15) is 0 Å². The Balaban J connectivity index is 2.32. The topological polar surface area (TPSA) is 77.8 Å². The van der Waals surface area contributed by atoms with Gasteiger partial charge in [0.25, 0.3) is 5.89 Å². The minimum Gasteiger partial charge on any atom is -0.375 e. The van der Waals surface area contributed by atoms with E-state index in [1.54, 1.807) is 0 Å². The Bertz CT molecular complexity index is 462. The van der Waals surface area contributed by atoms with Crippen molar-refractivity contribution in [3.63, 3.8) is 0 Å². The van der Waals surface area contributed by atoms with E-state index in [-0.39, 0.29) is 0 Å². The predicted molar refractivity (Wildman–Crippen MR) is 58.6 cm³/mol. The molecule has 0 aromatic carbocycles. The first kappa shape index (κ1) is 10.1. The summed E-state index contributed by atoms with van der Waals surface area (Å²) in [7, 11) is 0. The van der Waals surface area contributed by atoms with Gasteiger partial charge < -0.3 is 10.3 Å². The average molecular weight is 224 g/mol. The maximum absolute atomic E-state index is 5.60. The second-order valence-electron chi connectivity index (χ2n) is 3.23. The number of rotatable bonds is 3. The molecule has 0 amide bonds. The standard InChI is InChI=1S/C9H12N4OS/c1-3-4-6-12-8(14-13-6)7-5(2)11-9(10)15-7/h3-4H2,1-2H3,(H2,10,11). The molecule has 2 rings (SSSR count). The Kier molecular flexibility index (Phi) is 2.68. The molecule has 0 fully saturated rings. The SMILES string of the molecule is CCCc1noc(-c2sc(N)nc2C)n1. The third kappa shape index (κ3) is 1.99. The fourth-order valence-electron chi connectivity index (χ4n) is 1.29. The van der Waals surface area contributed by atoms with E-state index < -0.39 is 0 Å². The number of anilines is 1. The fourth-order valence-corrected chi connectivity index (χ4v) is 2.04. The van der Waals surface area contributed by atoms with Crippen LogP contribution in [0, 0.1) is 6.92 Å². The Morgan fingerprint density at radius 1 is 1.40 bits per heavy atom. The zero-order valence-electron chi connectivity index (χ0n) is 8.65. The smallest absolute Gasteiger partial charge is 0.269 e. The number of nitrogens with two attached hydrogens (primary N) is 1. The second kappa shape index (κ2) is 3.98. The van der Waals surface area contributed by atoms with E-state index in [1.807, 2.05) is 6.92 Å². The van der Waals surface area contributed by atoms with E-state index in [0.717, 1.165) is 29.2 Å². The predicted octanol–water partition coefficient (Wildman–Crippen LogP) is 2.04. The molecule has 0 spiro atoms. The van der Waals surface area contributed by atoms with Crippen molar-refractivity contribution in [3.8, 4) is 10.8 Å². The highest BCUT2D eigenvalue weighted by molar-refractivity contribution is 7.18. The molecule has 15 heavy (non-hydrogen) atoms. The van der Waals surface area contributed by atoms with Crippen LogP contribution in [0.15, 0.2) is 4.52 Å². The molecule has 0 saturated heterocycles. The number of hydrogen-bond acceptors (Lipinski definition) is 6. The minimum absolute atomic E-state index is 0.519.